The molecule has 1 heterocycles. The van der Waals surface area contributed by atoms with Crippen molar-refractivity contribution < 1.29 is 8.81 Å². The zero-order chi connectivity index (χ0) is 14.8. The minimum Gasteiger partial charge on any atom is -0.456 e. The molecule has 2 aromatic rings. The molecule has 0 saturated carbocycles. The Labute approximate surface area is 120 Å². The molecule has 1 atom stereocenters. The van der Waals surface area contributed by atoms with Crippen molar-refractivity contribution in [1.29, 1.82) is 0 Å². The van der Waals surface area contributed by atoms with E-state index >= 15 is 0 Å². The van der Waals surface area contributed by atoms with Crippen LogP contribution in [0.4, 0.5) is 4.39 Å². The zero-order valence-electron chi connectivity index (χ0n) is 12.8. The fourth-order valence-corrected chi connectivity index (χ4v) is 2.42. The van der Waals surface area contributed by atoms with Crippen molar-refractivity contribution in [2.75, 3.05) is 6.54 Å². The first-order valence-corrected chi connectivity index (χ1v) is 7.32. The molecular formula is C17H24FNO. The van der Waals surface area contributed by atoms with Crippen LogP contribution in [0.1, 0.15) is 52.3 Å². The number of benzene rings is 1. The van der Waals surface area contributed by atoms with E-state index in [1.165, 1.54) is 6.07 Å². The molecule has 0 amide bonds. The highest BCUT2D eigenvalue weighted by Crippen LogP contribution is 2.33. The number of furan rings is 1. The molecule has 2 rings (SSSR count). The molecule has 0 spiro atoms. The van der Waals surface area contributed by atoms with E-state index in [-0.39, 0.29) is 17.3 Å². The minimum atomic E-state index is -0.293. The highest BCUT2D eigenvalue weighted by molar-refractivity contribution is 5.78. The van der Waals surface area contributed by atoms with Crippen LogP contribution < -0.4 is 5.32 Å². The molecular weight excluding hydrogens is 253 g/mol. The smallest absolute Gasteiger partial charge is 0.169 e. The van der Waals surface area contributed by atoms with Gasteiger partial charge in [0, 0.05) is 5.39 Å². The summed E-state index contributed by atoms with van der Waals surface area (Å²) < 4.78 is 19.5. The number of hydrogen-bond donors (Lipinski definition) is 1. The van der Waals surface area contributed by atoms with Crippen LogP contribution in [0.5, 0.6) is 0 Å². The van der Waals surface area contributed by atoms with E-state index < -0.39 is 0 Å². The first kappa shape index (κ1) is 15.0. The van der Waals surface area contributed by atoms with Crippen LogP contribution in [-0.2, 0) is 0 Å². The minimum absolute atomic E-state index is 0.127. The highest BCUT2D eigenvalue weighted by atomic mass is 19.1. The SMILES string of the molecule is CCCNC(CC(C)(C)C)c1cc2cccc(F)c2o1. The summed E-state index contributed by atoms with van der Waals surface area (Å²) in [5, 5.41) is 4.34. The predicted molar refractivity (Wildman–Crippen MR) is 81.3 cm³/mol. The predicted octanol–water partition coefficient (Wildman–Crippen LogP) is 5.05. The fourth-order valence-electron chi connectivity index (χ4n) is 2.42. The molecule has 0 bridgehead atoms. The second-order valence-corrected chi connectivity index (χ2v) is 6.58. The first-order chi connectivity index (χ1) is 9.40. The second-order valence-electron chi connectivity index (χ2n) is 6.58. The molecule has 3 heteroatoms. The Morgan fingerprint density at radius 1 is 1.30 bits per heavy atom. The Balaban J connectivity index is 2.32. The number of halogens is 1. The van der Waals surface area contributed by atoms with Crippen LogP contribution >= 0.6 is 0 Å². The van der Waals surface area contributed by atoms with Crippen molar-refractivity contribution in [3.63, 3.8) is 0 Å². The van der Waals surface area contributed by atoms with E-state index in [0.29, 0.717) is 5.58 Å². The van der Waals surface area contributed by atoms with Crippen molar-refractivity contribution in [3.8, 4) is 0 Å². The van der Waals surface area contributed by atoms with Crippen molar-refractivity contribution in [2.24, 2.45) is 5.41 Å². The van der Waals surface area contributed by atoms with E-state index in [1.54, 1.807) is 6.07 Å². The van der Waals surface area contributed by atoms with E-state index in [1.807, 2.05) is 12.1 Å². The van der Waals surface area contributed by atoms with E-state index in [9.17, 15) is 4.39 Å². The fraction of sp³-hybridized carbons (Fsp3) is 0.529. The molecule has 0 aliphatic carbocycles. The van der Waals surface area contributed by atoms with Gasteiger partial charge in [-0.3, -0.25) is 0 Å². The Bertz CT molecular complexity index is 568. The molecule has 2 nitrogen and oxygen atoms in total. The first-order valence-electron chi connectivity index (χ1n) is 7.32. The van der Waals surface area contributed by atoms with Crippen LogP contribution in [0.25, 0.3) is 11.0 Å². The largest absolute Gasteiger partial charge is 0.456 e. The van der Waals surface area contributed by atoms with Gasteiger partial charge in [-0.05, 0) is 36.9 Å². The molecule has 0 aliphatic rings. The Hall–Kier alpha value is -1.35. The molecule has 0 radical (unpaired) electrons. The monoisotopic (exact) mass is 277 g/mol. The lowest BCUT2D eigenvalue weighted by Gasteiger charge is -2.25. The third-order valence-corrected chi connectivity index (χ3v) is 3.32. The number of nitrogens with one attached hydrogen (secondary N) is 1. The van der Waals surface area contributed by atoms with Gasteiger partial charge in [-0.1, -0.05) is 39.8 Å². The zero-order valence-corrected chi connectivity index (χ0v) is 12.8. The maximum atomic E-state index is 13.7. The third-order valence-electron chi connectivity index (χ3n) is 3.32. The molecule has 1 unspecified atom stereocenters. The summed E-state index contributed by atoms with van der Waals surface area (Å²) in [6.45, 7) is 9.68. The van der Waals surface area contributed by atoms with Gasteiger partial charge in [0.1, 0.15) is 5.76 Å². The average Bonchev–Trinajstić information content (AvgIpc) is 2.78. The van der Waals surface area contributed by atoms with Gasteiger partial charge in [0.05, 0.1) is 6.04 Å². The van der Waals surface area contributed by atoms with Crippen LogP contribution in [0.3, 0.4) is 0 Å². The maximum Gasteiger partial charge on any atom is 0.169 e. The third kappa shape index (κ3) is 3.60. The van der Waals surface area contributed by atoms with Gasteiger partial charge in [-0.15, -0.1) is 0 Å². The topological polar surface area (TPSA) is 25.2 Å². The molecule has 0 fully saturated rings. The quantitative estimate of drug-likeness (QED) is 0.827. The van der Waals surface area contributed by atoms with E-state index in [0.717, 1.165) is 30.5 Å². The lowest BCUT2D eigenvalue weighted by molar-refractivity contribution is 0.286. The second kappa shape index (κ2) is 5.96. The summed E-state index contributed by atoms with van der Waals surface area (Å²) in [6, 6.07) is 7.13. The Morgan fingerprint density at radius 3 is 2.65 bits per heavy atom. The van der Waals surface area contributed by atoms with Crippen molar-refractivity contribution in [2.45, 2.75) is 46.6 Å². The highest BCUT2D eigenvalue weighted by Gasteiger charge is 2.23. The normalized spacial score (nSPS) is 13.8. The summed E-state index contributed by atoms with van der Waals surface area (Å²) >= 11 is 0. The molecule has 1 aromatic carbocycles. The summed E-state index contributed by atoms with van der Waals surface area (Å²) in [6.07, 6.45) is 2.02. The molecule has 20 heavy (non-hydrogen) atoms. The van der Waals surface area contributed by atoms with Gasteiger partial charge >= 0.3 is 0 Å². The summed E-state index contributed by atoms with van der Waals surface area (Å²) in [7, 11) is 0. The van der Waals surface area contributed by atoms with Gasteiger partial charge < -0.3 is 9.73 Å². The maximum absolute atomic E-state index is 13.7. The van der Waals surface area contributed by atoms with Gasteiger partial charge in [0.2, 0.25) is 0 Å². The number of hydrogen-bond acceptors (Lipinski definition) is 2. The van der Waals surface area contributed by atoms with Crippen molar-refractivity contribution >= 4 is 11.0 Å². The Morgan fingerprint density at radius 2 is 2.05 bits per heavy atom. The average molecular weight is 277 g/mol. The van der Waals surface area contributed by atoms with E-state index in [2.05, 4.69) is 33.0 Å². The van der Waals surface area contributed by atoms with Crippen LogP contribution in [-0.4, -0.2) is 6.54 Å². The van der Waals surface area contributed by atoms with Crippen LogP contribution in [0.15, 0.2) is 28.7 Å². The number of rotatable bonds is 5. The van der Waals surface area contributed by atoms with Crippen LogP contribution in [0, 0.1) is 11.2 Å². The molecule has 0 saturated heterocycles. The Kier molecular flexibility index (Phi) is 4.48. The van der Waals surface area contributed by atoms with Crippen molar-refractivity contribution in [3.05, 3.63) is 35.8 Å². The standard InChI is InChI=1S/C17H24FNO/c1-5-9-19-14(11-17(2,3)4)15-10-12-7-6-8-13(18)16(12)20-15/h6-8,10,14,19H,5,9,11H2,1-4H3. The molecule has 1 N–H and O–H groups in total. The molecule has 0 aliphatic heterocycles. The number of para-hydroxylation sites is 1. The van der Waals surface area contributed by atoms with Gasteiger partial charge in [0.15, 0.2) is 11.4 Å². The summed E-state index contributed by atoms with van der Waals surface area (Å²) in [5.41, 5.74) is 0.544. The van der Waals surface area contributed by atoms with Gasteiger partial charge in [0.25, 0.3) is 0 Å². The lowest BCUT2D eigenvalue weighted by atomic mass is 9.87. The van der Waals surface area contributed by atoms with Gasteiger partial charge in [-0.2, -0.15) is 0 Å². The molecule has 110 valence electrons. The summed E-state index contributed by atoms with van der Waals surface area (Å²) in [5.74, 6) is 0.534. The van der Waals surface area contributed by atoms with E-state index in [4.69, 9.17) is 4.42 Å². The molecule has 1 aromatic heterocycles. The van der Waals surface area contributed by atoms with Gasteiger partial charge in [-0.25, -0.2) is 4.39 Å². The van der Waals surface area contributed by atoms with Crippen LogP contribution in [0.2, 0.25) is 0 Å². The number of fused-ring (bicyclic) bond motifs is 1. The summed E-state index contributed by atoms with van der Waals surface area (Å²) in [4.78, 5) is 0. The lowest BCUT2D eigenvalue weighted by Crippen LogP contribution is -2.26. The van der Waals surface area contributed by atoms with Crippen molar-refractivity contribution in [1.82, 2.24) is 5.32 Å².